The van der Waals surface area contributed by atoms with Crippen LogP contribution in [0.5, 0.6) is 0 Å². The highest BCUT2D eigenvalue weighted by molar-refractivity contribution is 5.79. The number of carbonyl (C=O) groups is 1. The summed E-state index contributed by atoms with van der Waals surface area (Å²) in [7, 11) is 0. The van der Waals surface area contributed by atoms with E-state index in [9.17, 15) is 4.79 Å². The molecule has 1 aliphatic heterocycles. The predicted molar refractivity (Wildman–Crippen MR) is 119 cm³/mol. The molecule has 0 saturated carbocycles. The van der Waals surface area contributed by atoms with Gasteiger partial charge in [-0.05, 0) is 70.7 Å². The highest BCUT2D eigenvalue weighted by Gasteiger charge is 2.21. The quantitative estimate of drug-likeness (QED) is 0.385. The first kappa shape index (κ1) is 21.5. The first-order chi connectivity index (χ1) is 15.6. The van der Waals surface area contributed by atoms with Crippen molar-refractivity contribution in [1.29, 1.82) is 0 Å². The Bertz CT molecular complexity index is 1130. The lowest BCUT2D eigenvalue weighted by molar-refractivity contribution is -0.132. The summed E-state index contributed by atoms with van der Waals surface area (Å²) in [4.78, 5) is 21.0. The van der Waals surface area contributed by atoms with Crippen molar-refractivity contribution in [2.24, 2.45) is 4.99 Å². The summed E-state index contributed by atoms with van der Waals surface area (Å²) < 4.78 is 6.29. The lowest BCUT2D eigenvalue weighted by Gasteiger charge is -2.34. The average Bonchev–Trinajstić information content (AvgIpc) is 3.52. The van der Waals surface area contributed by atoms with Gasteiger partial charge in [0, 0.05) is 44.1 Å². The van der Waals surface area contributed by atoms with Gasteiger partial charge in [0.15, 0.2) is 0 Å². The zero-order valence-corrected chi connectivity index (χ0v) is 18.0. The van der Waals surface area contributed by atoms with Gasteiger partial charge in [-0.3, -0.25) is 14.7 Å². The Morgan fingerprint density at radius 3 is 2.75 bits per heavy atom. The van der Waals surface area contributed by atoms with Crippen LogP contribution >= 0.6 is 0 Å². The van der Waals surface area contributed by atoms with Gasteiger partial charge in [0.25, 0.3) is 0 Å². The third kappa shape index (κ3) is 5.30. The number of aliphatic imine (C=N–C) groups is 1. The molecular weight excluding hydrogens is 410 g/mol. The van der Waals surface area contributed by atoms with Crippen molar-refractivity contribution in [3.05, 3.63) is 47.9 Å². The van der Waals surface area contributed by atoms with E-state index in [1.165, 1.54) is 11.9 Å². The number of tetrazole rings is 1. The molecule has 3 heterocycles. The zero-order chi connectivity index (χ0) is 22.3. The van der Waals surface area contributed by atoms with Crippen LogP contribution in [0.1, 0.15) is 18.9 Å². The van der Waals surface area contributed by atoms with Crippen LogP contribution in [0.15, 0.2) is 52.0 Å². The van der Waals surface area contributed by atoms with Gasteiger partial charge in [0.2, 0.25) is 5.91 Å². The largest absolute Gasteiger partial charge is 0.340 e. The van der Waals surface area contributed by atoms with E-state index in [1.54, 1.807) is 10.8 Å². The number of rotatable bonds is 8. The number of hydrogen-bond donors (Lipinski definition) is 0. The molecule has 166 valence electrons. The molecule has 1 amide bonds. The number of allylic oxidation sites excluding steroid dienone is 3. The number of aromatic nitrogens is 6. The number of carbonyl (C=O) groups excluding carboxylic acids is 1. The molecule has 0 unspecified atom stereocenters. The second-order valence-electron chi connectivity index (χ2n) is 7.62. The maximum Gasteiger partial charge on any atom is 0.228 e. The molecule has 11 nitrogen and oxygen atoms in total. The number of hydrogen-bond acceptors (Lipinski definition) is 9. The van der Waals surface area contributed by atoms with E-state index in [0.717, 1.165) is 42.8 Å². The monoisotopic (exact) mass is 435 g/mol. The molecule has 1 aliphatic rings. The summed E-state index contributed by atoms with van der Waals surface area (Å²) >= 11 is 0. The van der Waals surface area contributed by atoms with Crippen LogP contribution in [0, 0.1) is 0 Å². The van der Waals surface area contributed by atoms with Crippen LogP contribution in [0.25, 0.3) is 16.7 Å². The fourth-order valence-corrected chi connectivity index (χ4v) is 3.54. The topological polar surface area (TPSA) is 118 Å². The van der Waals surface area contributed by atoms with Gasteiger partial charge in [0.1, 0.15) is 17.4 Å². The minimum Gasteiger partial charge on any atom is -0.340 e. The average molecular weight is 435 g/mol. The summed E-state index contributed by atoms with van der Waals surface area (Å²) in [6.07, 6.45) is 6.23. The Labute approximate surface area is 185 Å². The molecule has 1 fully saturated rings. The second kappa shape index (κ2) is 10.1. The van der Waals surface area contributed by atoms with E-state index in [-0.39, 0.29) is 12.3 Å². The van der Waals surface area contributed by atoms with Crippen molar-refractivity contribution in [2.45, 2.75) is 19.8 Å². The van der Waals surface area contributed by atoms with E-state index >= 15 is 0 Å². The second-order valence-corrected chi connectivity index (χ2v) is 7.62. The molecule has 0 spiro atoms. The maximum atomic E-state index is 12.7. The Kier molecular flexibility index (Phi) is 6.75. The molecule has 0 radical (unpaired) electrons. The highest BCUT2D eigenvalue weighted by Crippen LogP contribution is 2.14. The van der Waals surface area contributed by atoms with Gasteiger partial charge < -0.3 is 4.90 Å². The summed E-state index contributed by atoms with van der Waals surface area (Å²) in [5, 5.41) is 18.8. The Morgan fingerprint density at radius 2 is 2.00 bits per heavy atom. The zero-order valence-electron chi connectivity index (χ0n) is 18.0. The Morgan fingerprint density at radius 1 is 1.19 bits per heavy atom. The first-order valence-corrected chi connectivity index (χ1v) is 10.4. The Balaban J connectivity index is 1.24. The van der Waals surface area contributed by atoms with E-state index < -0.39 is 0 Å². The normalized spacial score (nSPS) is 16.0. The molecule has 0 N–H and O–H groups in total. The van der Waals surface area contributed by atoms with Crippen LogP contribution in [0.2, 0.25) is 0 Å². The standard InChI is InChI=1S/C21H25N9O2/c1-16(30-15-23-26-27-30)3-5-18(22-2)14-21(31)29-11-9-28(10-12-29)8-7-17-4-6-19-20(13-17)25-32-24-19/h3-6,13,15H,2,7-12,14H2,1H3. The third-order valence-electron chi connectivity index (χ3n) is 5.52. The number of piperazine rings is 1. The van der Waals surface area contributed by atoms with Gasteiger partial charge in [-0.2, -0.15) is 0 Å². The van der Waals surface area contributed by atoms with Gasteiger partial charge in [-0.1, -0.05) is 6.07 Å². The summed E-state index contributed by atoms with van der Waals surface area (Å²) in [5.74, 6) is 0.0563. The fourth-order valence-electron chi connectivity index (χ4n) is 3.54. The van der Waals surface area contributed by atoms with E-state index in [2.05, 4.69) is 48.5 Å². The first-order valence-electron chi connectivity index (χ1n) is 10.4. The van der Waals surface area contributed by atoms with Crippen molar-refractivity contribution in [3.8, 4) is 0 Å². The van der Waals surface area contributed by atoms with Gasteiger partial charge in [0.05, 0.1) is 6.42 Å². The summed E-state index contributed by atoms with van der Waals surface area (Å²) in [5.41, 5.74) is 4.17. The van der Waals surface area contributed by atoms with E-state index in [4.69, 9.17) is 4.63 Å². The molecule has 0 atom stereocenters. The molecule has 0 bridgehead atoms. The lowest BCUT2D eigenvalue weighted by atomic mass is 10.1. The van der Waals surface area contributed by atoms with Crippen LogP contribution in [0.4, 0.5) is 0 Å². The number of benzene rings is 1. The molecule has 3 aromatic rings. The number of fused-ring (bicyclic) bond motifs is 1. The highest BCUT2D eigenvalue weighted by atomic mass is 16.6. The molecule has 4 rings (SSSR count). The van der Waals surface area contributed by atoms with Crippen LogP contribution in [-0.4, -0.2) is 85.7 Å². The molecule has 0 aliphatic carbocycles. The van der Waals surface area contributed by atoms with Gasteiger partial charge in [-0.25, -0.2) is 9.31 Å². The fraction of sp³-hybridized carbons (Fsp3) is 0.381. The smallest absolute Gasteiger partial charge is 0.228 e. The van der Waals surface area contributed by atoms with Gasteiger partial charge >= 0.3 is 0 Å². The molecule has 11 heteroatoms. The van der Waals surface area contributed by atoms with Gasteiger partial charge in [-0.15, -0.1) is 5.10 Å². The number of nitrogens with zero attached hydrogens (tertiary/aromatic N) is 9. The number of amides is 1. The van der Waals surface area contributed by atoms with Crippen LogP contribution < -0.4 is 0 Å². The molecule has 1 aromatic carbocycles. The van der Waals surface area contributed by atoms with Crippen molar-refractivity contribution in [2.75, 3.05) is 32.7 Å². The van der Waals surface area contributed by atoms with E-state index in [0.29, 0.717) is 18.8 Å². The summed E-state index contributed by atoms with van der Waals surface area (Å²) in [6, 6.07) is 5.99. The third-order valence-corrected chi connectivity index (χ3v) is 5.52. The minimum atomic E-state index is 0.0563. The van der Waals surface area contributed by atoms with E-state index in [1.807, 2.05) is 30.0 Å². The SMILES string of the molecule is C=NC(=CC=C(C)n1cnnn1)CC(=O)N1CCN(CCc2ccc3nonc3c2)CC1. The Hall–Kier alpha value is -3.73. The van der Waals surface area contributed by atoms with Crippen molar-refractivity contribution >= 4 is 29.4 Å². The maximum absolute atomic E-state index is 12.7. The molecular formula is C21H25N9O2. The van der Waals surface area contributed by atoms with Crippen molar-refractivity contribution < 1.29 is 9.42 Å². The lowest BCUT2D eigenvalue weighted by Crippen LogP contribution is -2.49. The van der Waals surface area contributed by atoms with Crippen molar-refractivity contribution in [1.82, 2.24) is 40.3 Å². The van der Waals surface area contributed by atoms with Crippen molar-refractivity contribution in [3.63, 3.8) is 0 Å². The van der Waals surface area contributed by atoms with Crippen LogP contribution in [0.3, 0.4) is 0 Å². The predicted octanol–water partition coefficient (Wildman–Crippen LogP) is 1.43. The summed E-state index contributed by atoms with van der Waals surface area (Å²) in [6.45, 7) is 9.49. The molecule has 2 aromatic heterocycles. The minimum absolute atomic E-state index is 0.0563. The molecule has 32 heavy (non-hydrogen) atoms. The van der Waals surface area contributed by atoms with Crippen LogP contribution in [-0.2, 0) is 11.2 Å². The molecule has 1 saturated heterocycles.